The minimum Gasteiger partial charge on any atom is -0.399 e. The maximum absolute atomic E-state index is 12.6. The van der Waals surface area contributed by atoms with Gasteiger partial charge in [0.15, 0.2) is 11.5 Å². The summed E-state index contributed by atoms with van der Waals surface area (Å²) < 4.78 is 3.29. The molecule has 0 spiro atoms. The van der Waals surface area contributed by atoms with Gasteiger partial charge in [0.25, 0.3) is 0 Å². The van der Waals surface area contributed by atoms with Crippen LogP contribution in [0.3, 0.4) is 0 Å². The standard InChI is InChI=1S/C21H18N8O2/c22-15-6-3-4-13(8-15)9-29-20-18(26-21(29)30)17-19(23-11-24-20)28(12-25-17)10-14-5-1-2-7-16(14)27-31/h1-8,11-12,27,31H,9-10,22H2. The van der Waals surface area contributed by atoms with E-state index in [9.17, 15) is 10.0 Å². The number of nitrogen functional groups attached to an aromatic ring is 1. The van der Waals surface area contributed by atoms with Crippen LogP contribution in [0.2, 0.25) is 0 Å². The summed E-state index contributed by atoms with van der Waals surface area (Å²) in [6, 6.07) is 14.7. The smallest absolute Gasteiger partial charge is 0.350 e. The van der Waals surface area contributed by atoms with Gasteiger partial charge in [0.2, 0.25) is 0 Å². The molecule has 2 aliphatic rings. The Morgan fingerprint density at radius 2 is 1.90 bits per heavy atom. The highest BCUT2D eigenvalue weighted by Gasteiger charge is 2.21. The van der Waals surface area contributed by atoms with Crippen LogP contribution in [0.15, 0.2) is 66.0 Å². The van der Waals surface area contributed by atoms with Gasteiger partial charge in [-0.2, -0.15) is 4.98 Å². The van der Waals surface area contributed by atoms with Crippen LogP contribution < -0.4 is 16.9 Å². The van der Waals surface area contributed by atoms with Gasteiger partial charge in [-0.15, -0.1) is 0 Å². The number of nitrogens with one attached hydrogen (secondary N) is 1. The molecule has 3 aromatic rings. The zero-order chi connectivity index (χ0) is 21.4. The van der Waals surface area contributed by atoms with Crippen molar-refractivity contribution < 1.29 is 5.21 Å². The van der Waals surface area contributed by atoms with Gasteiger partial charge in [0.05, 0.1) is 25.1 Å². The summed E-state index contributed by atoms with van der Waals surface area (Å²) in [6.07, 6.45) is 3.03. The molecule has 0 unspecified atom stereocenters. The molecule has 31 heavy (non-hydrogen) atoms. The third-order valence-corrected chi connectivity index (χ3v) is 5.07. The predicted octanol–water partition coefficient (Wildman–Crippen LogP) is 1.97. The molecule has 2 aliphatic heterocycles. The van der Waals surface area contributed by atoms with E-state index in [1.165, 1.54) is 10.9 Å². The van der Waals surface area contributed by atoms with Crippen molar-refractivity contribution in [3.8, 4) is 11.5 Å². The molecule has 5 rings (SSSR count). The summed E-state index contributed by atoms with van der Waals surface area (Å²) in [5.74, 6) is 0.401. The van der Waals surface area contributed by atoms with Crippen molar-refractivity contribution in [1.82, 2.24) is 29.1 Å². The molecule has 4 N–H and O–H groups in total. The average molecular weight is 414 g/mol. The number of fused-ring (bicyclic) bond motifs is 3. The SMILES string of the molecule is Nc1cccc(Cn2c3ncnc4c(ncn4Cc4ccccc4NO)c-3nc2=O)c1. The van der Waals surface area contributed by atoms with Crippen molar-refractivity contribution in [2.45, 2.75) is 13.1 Å². The number of imidazole rings is 2. The summed E-state index contributed by atoms with van der Waals surface area (Å²) >= 11 is 0. The second-order valence-electron chi connectivity index (χ2n) is 7.09. The number of benzene rings is 2. The highest BCUT2D eigenvalue weighted by molar-refractivity contribution is 5.85. The summed E-state index contributed by atoms with van der Waals surface area (Å²) in [5, 5.41) is 9.36. The molecule has 0 fully saturated rings. The summed E-state index contributed by atoms with van der Waals surface area (Å²) in [6.45, 7) is 0.697. The minimum absolute atomic E-state index is 0.287. The van der Waals surface area contributed by atoms with E-state index in [0.717, 1.165) is 11.1 Å². The van der Waals surface area contributed by atoms with Gasteiger partial charge in [-0.25, -0.2) is 19.7 Å². The number of aromatic nitrogens is 6. The Labute approximate surface area is 176 Å². The summed E-state index contributed by atoms with van der Waals surface area (Å²) in [5.41, 5.74) is 11.9. The average Bonchev–Trinajstić information content (AvgIpc) is 3.23. The first-order valence-corrected chi connectivity index (χ1v) is 9.53. The van der Waals surface area contributed by atoms with E-state index in [2.05, 4.69) is 25.4 Å². The van der Waals surface area contributed by atoms with E-state index in [0.29, 0.717) is 40.6 Å². The molecular formula is C21H18N8O2. The fourth-order valence-corrected chi connectivity index (χ4v) is 3.61. The van der Waals surface area contributed by atoms with Crippen LogP contribution in [0.4, 0.5) is 11.4 Å². The normalized spacial score (nSPS) is 11.3. The molecule has 0 bridgehead atoms. The van der Waals surface area contributed by atoms with Crippen LogP contribution in [0.1, 0.15) is 11.1 Å². The molecule has 0 radical (unpaired) electrons. The fraction of sp³-hybridized carbons (Fsp3) is 0.0952. The number of hydrogen-bond donors (Lipinski definition) is 3. The van der Waals surface area contributed by atoms with E-state index >= 15 is 0 Å². The second-order valence-corrected chi connectivity index (χ2v) is 7.09. The molecule has 0 amide bonds. The molecular weight excluding hydrogens is 396 g/mol. The predicted molar refractivity (Wildman–Crippen MR) is 115 cm³/mol. The van der Waals surface area contributed by atoms with Gasteiger partial charge in [-0.3, -0.25) is 15.3 Å². The maximum atomic E-state index is 12.6. The van der Waals surface area contributed by atoms with Gasteiger partial charge >= 0.3 is 5.69 Å². The molecule has 0 atom stereocenters. The van der Waals surface area contributed by atoms with Crippen LogP contribution in [-0.4, -0.2) is 34.3 Å². The van der Waals surface area contributed by atoms with Crippen LogP contribution in [0.25, 0.3) is 22.7 Å². The van der Waals surface area contributed by atoms with Crippen LogP contribution in [0.5, 0.6) is 0 Å². The molecule has 154 valence electrons. The Kier molecular flexibility index (Phi) is 4.53. The van der Waals surface area contributed by atoms with Gasteiger partial charge < -0.3 is 10.3 Å². The summed E-state index contributed by atoms with van der Waals surface area (Å²) in [7, 11) is 0. The van der Waals surface area contributed by atoms with E-state index in [1.807, 2.05) is 41.0 Å². The lowest BCUT2D eigenvalue weighted by atomic mass is 10.2. The highest BCUT2D eigenvalue weighted by atomic mass is 16.5. The molecule has 0 saturated carbocycles. The third kappa shape index (κ3) is 3.34. The zero-order valence-corrected chi connectivity index (χ0v) is 16.3. The summed E-state index contributed by atoms with van der Waals surface area (Å²) in [4.78, 5) is 30.1. The lowest BCUT2D eigenvalue weighted by Gasteiger charge is -2.08. The van der Waals surface area contributed by atoms with E-state index in [4.69, 9.17) is 5.73 Å². The first-order chi connectivity index (χ1) is 15.1. The van der Waals surface area contributed by atoms with Crippen LogP contribution >= 0.6 is 0 Å². The molecule has 10 nitrogen and oxygen atoms in total. The largest absolute Gasteiger partial charge is 0.399 e. The Bertz CT molecular complexity index is 1420. The van der Waals surface area contributed by atoms with Crippen LogP contribution in [0, 0.1) is 0 Å². The minimum atomic E-state index is -0.415. The number of nitrogens with zero attached hydrogens (tertiary/aromatic N) is 6. The molecule has 2 aromatic carbocycles. The number of nitrogens with two attached hydrogens (primary N) is 1. The lowest BCUT2D eigenvalue weighted by molar-refractivity contribution is 0.388. The van der Waals surface area contributed by atoms with Gasteiger partial charge in [0.1, 0.15) is 17.5 Å². The molecule has 10 heteroatoms. The molecule has 1 aromatic heterocycles. The van der Waals surface area contributed by atoms with E-state index < -0.39 is 5.69 Å². The Hall–Kier alpha value is -4.31. The molecule has 0 aliphatic carbocycles. The van der Waals surface area contributed by atoms with E-state index in [-0.39, 0.29) is 6.54 Å². The monoisotopic (exact) mass is 414 g/mol. The third-order valence-electron chi connectivity index (χ3n) is 5.07. The lowest BCUT2D eigenvalue weighted by Crippen LogP contribution is -2.17. The fourth-order valence-electron chi connectivity index (χ4n) is 3.61. The Morgan fingerprint density at radius 1 is 1.03 bits per heavy atom. The first kappa shape index (κ1) is 18.7. The van der Waals surface area contributed by atoms with Gasteiger partial charge in [0, 0.05) is 5.69 Å². The van der Waals surface area contributed by atoms with Gasteiger partial charge in [-0.05, 0) is 29.3 Å². The second kappa shape index (κ2) is 7.50. The molecule has 3 heterocycles. The number of rotatable bonds is 5. The van der Waals surface area contributed by atoms with Crippen molar-refractivity contribution in [2.24, 2.45) is 0 Å². The molecule has 0 saturated heterocycles. The maximum Gasteiger partial charge on any atom is 0.350 e. The van der Waals surface area contributed by atoms with Crippen molar-refractivity contribution in [3.63, 3.8) is 0 Å². The number of hydrogen-bond acceptors (Lipinski definition) is 8. The Morgan fingerprint density at radius 3 is 2.74 bits per heavy atom. The van der Waals surface area contributed by atoms with Crippen LogP contribution in [-0.2, 0) is 13.1 Å². The van der Waals surface area contributed by atoms with Gasteiger partial charge in [-0.1, -0.05) is 30.3 Å². The van der Waals surface area contributed by atoms with Crippen molar-refractivity contribution in [3.05, 3.63) is 82.8 Å². The number of para-hydroxylation sites is 1. The quantitative estimate of drug-likeness (QED) is 0.293. The van der Waals surface area contributed by atoms with Crippen molar-refractivity contribution in [2.75, 3.05) is 11.2 Å². The van der Waals surface area contributed by atoms with Crippen molar-refractivity contribution >= 4 is 22.5 Å². The zero-order valence-electron chi connectivity index (χ0n) is 16.3. The van der Waals surface area contributed by atoms with Crippen molar-refractivity contribution in [1.29, 1.82) is 0 Å². The first-order valence-electron chi connectivity index (χ1n) is 9.53. The Balaban J connectivity index is 1.58. The number of anilines is 2. The van der Waals surface area contributed by atoms with E-state index in [1.54, 1.807) is 18.5 Å². The highest BCUT2D eigenvalue weighted by Crippen LogP contribution is 2.25. The topological polar surface area (TPSA) is 137 Å².